The Morgan fingerprint density at radius 3 is 2.46 bits per heavy atom. The summed E-state index contributed by atoms with van der Waals surface area (Å²) in [5, 5.41) is 13.6. The molecular weight excluding hydrogens is 344 g/mol. The van der Waals surface area contributed by atoms with Gasteiger partial charge in [-0.05, 0) is 43.1 Å². The molecule has 4 N–H and O–H groups in total. The van der Waals surface area contributed by atoms with Crippen molar-refractivity contribution in [2.45, 2.75) is 59.0 Å². The molecule has 2 rings (SSSR count). The third-order valence-corrected chi connectivity index (χ3v) is 5.73. The van der Waals surface area contributed by atoms with E-state index in [0.29, 0.717) is 11.6 Å². The highest BCUT2D eigenvalue weighted by Gasteiger charge is 2.26. The molecule has 3 heteroatoms. The van der Waals surface area contributed by atoms with Gasteiger partial charge in [0, 0.05) is 23.9 Å². The summed E-state index contributed by atoms with van der Waals surface area (Å²) in [5.74, 6) is 0.693. The predicted molar refractivity (Wildman–Crippen MR) is 123 cm³/mol. The fourth-order valence-corrected chi connectivity index (χ4v) is 3.59. The Bertz CT molecular complexity index is 598. The Balaban J connectivity index is 0.000000406. The Labute approximate surface area is 172 Å². The van der Waals surface area contributed by atoms with Gasteiger partial charge < -0.3 is 16.2 Å². The molecule has 0 saturated carbocycles. The van der Waals surface area contributed by atoms with E-state index in [9.17, 15) is 5.11 Å². The van der Waals surface area contributed by atoms with Crippen LogP contribution in [0.3, 0.4) is 0 Å². The lowest BCUT2D eigenvalue weighted by Gasteiger charge is -2.30. The summed E-state index contributed by atoms with van der Waals surface area (Å²) >= 11 is 0. The molecule has 0 radical (unpaired) electrons. The number of allylic oxidation sites excluding steroid dienone is 2. The second-order valence-corrected chi connectivity index (χ2v) is 7.91. The number of nitrogens with one attached hydrogen (secondary N) is 1. The minimum absolute atomic E-state index is 0.139. The molecule has 156 valence electrons. The van der Waals surface area contributed by atoms with Gasteiger partial charge in [0.1, 0.15) is 0 Å². The largest absolute Gasteiger partial charge is 0.402 e. The van der Waals surface area contributed by atoms with Crippen molar-refractivity contribution in [1.29, 1.82) is 0 Å². The quantitative estimate of drug-likeness (QED) is 0.582. The maximum atomic E-state index is 10.3. The first-order chi connectivity index (χ1) is 13.4. The molecule has 1 aromatic rings. The standard InChI is InChI=1S/C18H27NO.C7H13N/c1-5-17(15(4)19)13(2)14(3)18(20)12-11-16-9-7-6-8-10-16;1-7-5-3-2-4-6-8-7/h6-14,17-18,20H,4-5,19H2,1-3H3;8H,1-6H2/b12-11+;/t13-,14-,17?,18-;/m1./s1. The number of rotatable bonds is 7. The van der Waals surface area contributed by atoms with Gasteiger partial charge in [-0.2, -0.15) is 0 Å². The summed E-state index contributed by atoms with van der Waals surface area (Å²) in [7, 11) is 0. The van der Waals surface area contributed by atoms with Crippen LogP contribution in [0.15, 0.2) is 61.0 Å². The van der Waals surface area contributed by atoms with E-state index in [0.717, 1.165) is 18.5 Å². The molecular formula is C25H40N2O. The van der Waals surface area contributed by atoms with Gasteiger partial charge in [0.2, 0.25) is 0 Å². The van der Waals surface area contributed by atoms with Crippen molar-refractivity contribution in [2.75, 3.05) is 6.54 Å². The predicted octanol–water partition coefficient (Wildman–Crippen LogP) is 5.50. The van der Waals surface area contributed by atoms with Crippen LogP contribution in [0.5, 0.6) is 0 Å². The maximum Gasteiger partial charge on any atom is 0.0752 e. The van der Waals surface area contributed by atoms with E-state index < -0.39 is 6.10 Å². The molecule has 4 atom stereocenters. The number of aliphatic hydroxyl groups excluding tert-OH is 1. The van der Waals surface area contributed by atoms with Crippen LogP contribution in [0.4, 0.5) is 0 Å². The van der Waals surface area contributed by atoms with E-state index in [1.807, 2.05) is 42.5 Å². The van der Waals surface area contributed by atoms with Crippen LogP contribution in [0, 0.1) is 17.8 Å². The molecule has 1 fully saturated rings. The molecule has 1 saturated heterocycles. The summed E-state index contributed by atoms with van der Waals surface area (Å²) in [6.45, 7) is 15.2. The summed E-state index contributed by atoms with van der Waals surface area (Å²) in [6.07, 6.45) is 9.50. The van der Waals surface area contributed by atoms with Gasteiger partial charge in [-0.1, -0.05) is 82.8 Å². The fraction of sp³-hybridized carbons (Fsp3) is 0.520. The van der Waals surface area contributed by atoms with Gasteiger partial charge in [-0.25, -0.2) is 0 Å². The van der Waals surface area contributed by atoms with Crippen LogP contribution in [0.2, 0.25) is 0 Å². The summed E-state index contributed by atoms with van der Waals surface area (Å²) < 4.78 is 0. The molecule has 0 aliphatic carbocycles. The molecule has 3 nitrogen and oxygen atoms in total. The average molecular weight is 385 g/mol. The van der Waals surface area contributed by atoms with Crippen LogP contribution in [-0.2, 0) is 0 Å². The van der Waals surface area contributed by atoms with Gasteiger partial charge in [-0.3, -0.25) is 0 Å². The normalized spacial score (nSPS) is 18.8. The first kappa shape index (κ1) is 24.0. The van der Waals surface area contributed by atoms with Crippen molar-refractivity contribution in [3.8, 4) is 0 Å². The average Bonchev–Trinajstić information content (AvgIpc) is 2.94. The maximum absolute atomic E-state index is 10.3. The molecule has 0 spiro atoms. The van der Waals surface area contributed by atoms with E-state index in [4.69, 9.17) is 5.73 Å². The number of hydrogen-bond donors (Lipinski definition) is 3. The van der Waals surface area contributed by atoms with E-state index in [2.05, 4.69) is 39.2 Å². The third kappa shape index (κ3) is 8.79. The van der Waals surface area contributed by atoms with Gasteiger partial charge in [-0.15, -0.1) is 0 Å². The van der Waals surface area contributed by atoms with Crippen LogP contribution < -0.4 is 11.1 Å². The lowest BCUT2D eigenvalue weighted by Crippen LogP contribution is -2.29. The first-order valence-electron chi connectivity index (χ1n) is 10.6. The topological polar surface area (TPSA) is 58.3 Å². The van der Waals surface area contributed by atoms with Crippen LogP contribution in [0.25, 0.3) is 6.08 Å². The van der Waals surface area contributed by atoms with Crippen molar-refractivity contribution in [2.24, 2.45) is 23.5 Å². The highest BCUT2D eigenvalue weighted by Crippen LogP contribution is 2.29. The number of nitrogens with two attached hydrogens (primary N) is 1. The SMILES string of the molecule is C=C(N)C(CC)[C@H](C)[C@@H](C)[C@H](O)/C=C/c1ccccc1.C=C1CCCCCN1. The van der Waals surface area contributed by atoms with E-state index in [1.54, 1.807) is 0 Å². The van der Waals surface area contributed by atoms with E-state index in [1.165, 1.54) is 31.4 Å². The second kappa shape index (κ2) is 13.2. The van der Waals surface area contributed by atoms with E-state index in [-0.39, 0.29) is 11.8 Å². The van der Waals surface area contributed by atoms with Gasteiger partial charge in [0.05, 0.1) is 6.10 Å². The van der Waals surface area contributed by atoms with Gasteiger partial charge in [0.15, 0.2) is 0 Å². The monoisotopic (exact) mass is 384 g/mol. The molecule has 0 bridgehead atoms. The van der Waals surface area contributed by atoms with Crippen LogP contribution >= 0.6 is 0 Å². The lowest BCUT2D eigenvalue weighted by molar-refractivity contribution is 0.110. The molecule has 0 amide bonds. The van der Waals surface area contributed by atoms with E-state index >= 15 is 0 Å². The minimum atomic E-state index is -0.474. The van der Waals surface area contributed by atoms with Gasteiger partial charge in [0.25, 0.3) is 0 Å². The molecule has 1 aliphatic heterocycles. The first-order valence-corrected chi connectivity index (χ1v) is 10.6. The van der Waals surface area contributed by atoms with Crippen molar-refractivity contribution < 1.29 is 5.11 Å². The molecule has 1 aliphatic rings. The zero-order chi connectivity index (χ0) is 20.9. The lowest BCUT2D eigenvalue weighted by atomic mass is 9.78. The third-order valence-electron chi connectivity index (χ3n) is 5.73. The zero-order valence-electron chi connectivity index (χ0n) is 18.0. The Morgan fingerprint density at radius 2 is 1.86 bits per heavy atom. The molecule has 0 aromatic heterocycles. The summed E-state index contributed by atoms with van der Waals surface area (Å²) in [6, 6.07) is 10.0. The van der Waals surface area contributed by atoms with Crippen LogP contribution in [-0.4, -0.2) is 17.8 Å². The number of benzene rings is 1. The fourth-order valence-electron chi connectivity index (χ4n) is 3.59. The molecule has 1 unspecified atom stereocenters. The Morgan fingerprint density at radius 1 is 1.18 bits per heavy atom. The van der Waals surface area contributed by atoms with Gasteiger partial charge >= 0.3 is 0 Å². The molecule has 28 heavy (non-hydrogen) atoms. The van der Waals surface area contributed by atoms with Crippen molar-refractivity contribution in [1.82, 2.24) is 5.32 Å². The highest BCUT2D eigenvalue weighted by atomic mass is 16.3. The van der Waals surface area contributed by atoms with Crippen molar-refractivity contribution in [3.63, 3.8) is 0 Å². The molecule has 1 aromatic carbocycles. The summed E-state index contributed by atoms with van der Waals surface area (Å²) in [4.78, 5) is 0. The Hall–Kier alpha value is -2.00. The minimum Gasteiger partial charge on any atom is -0.402 e. The summed E-state index contributed by atoms with van der Waals surface area (Å²) in [5.41, 5.74) is 8.89. The molecule has 1 heterocycles. The number of aliphatic hydroxyl groups is 1. The highest BCUT2D eigenvalue weighted by molar-refractivity contribution is 5.49. The zero-order valence-corrected chi connectivity index (χ0v) is 18.0. The number of hydrogen-bond acceptors (Lipinski definition) is 3. The van der Waals surface area contributed by atoms with Crippen molar-refractivity contribution >= 4 is 6.08 Å². The van der Waals surface area contributed by atoms with Crippen LogP contribution in [0.1, 0.15) is 58.4 Å². The Kier molecular flexibility index (Phi) is 11.4. The second-order valence-electron chi connectivity index (χ2n) is 7.91. The smallest absolute Gasteiger partial charge is 0.0752 e. The van der Waals surface area contributed by atoms with Crippen molar-refractivity contribution in [3.05, 3.63) is 66.5 Å².